The maximum absolute atomic E-state index is 12.1. The molecule has 0 saturated heterocycles. The summed E-state index contributed by atoms with van der Waals surface area (Å²) < 4.78 is 0. The highest BCUT2D eigenvalue weighted by atomic mass is 16.1. The molecule has 21 heavy (non-hydrogen) atoms. The minimum absolute atomic E-state index is 0.167. The number of hydrogen-bond donors (Lipinski definition) is 2. The van der Waals surface area contributed by atoms with E-state index in [4.69, 9.17) is 0 Å². The van der Waals surface area contributed by atoms with Crippen molar-refractivity contribution in [2.45, 2.75) is 20.3 Å². The van der Waals surface area contributed by atoms with E-state index in [0.717, 1.165) is 17.7 Å². The molecular weight excluding hydrogens is 260 g/mol. The normalized spacial score (nSPS) is 10.0. The molecule has 2 rings (SSSR count). The smallest absolute Gasteiger partial charge is 0.256 e. The maximum atomic E-state index is 12.1. The van der Waals surface area contributed by atoms with Crippen molar-refractivity contribution in [3.8, 4) is 0 Å². The van der Waals surface area contributed by atoms with Crippen LogP contribution >= 0.6 is 0 Å². The number of aryl methyl sites for hydroxylation is 2. The fraction of sp³-hybridized carbons (Fsp3) is 0.167. The van der Waals surface area contributed by atoms with Gasteiger partial charge < -0.3 is 10.6 Å². The van der Waals surface area contributed by atoms with Crippen molar-refractivity contribution >= 4 is 11.6 Å². The summed E-state index contributed by atoms with van der Waals surface area (Å²) in [6.07, 6.45) is 0.921. The quantitative estimate of drug-likeness (QED) is 0.873. The Morgan fingerprint density at radius 2 is 1.81 bits per heavy atom. The molecule has 0 atom stereocenters. The van der Waals surface area contributed by atoms with Gasteiger partial charge in [-0.25, -0.2) is 0 Å². The lowest BCUT2D eigenvalue weighted by Crippen LogP contribution is -2.26. The van der Waals surface area contributed by atoms with Gasteiger partial charge in [0.25, 0.3) is 5.91 Å². The highest BCUT2D eigenvalue weighted by Gasteiger charge is 2.08. The second kappa shape index (κ2) is 6.75. The summed E-state index contributed by atoms with van der Waals surface area (Å²) in [4.78, 5) is 12.1. The lowest BCUT2D eigenvalue weighted by molar-refractivity contribution is 0.0966. The van der Waals surface area contributed by atoms with Crippen molar-refractivity contribution in [1.82, 2.24) is 5.32 Å². The van der Waals surface area contributed by atoms with E-state index >= 15 is 0 Å². The van der Waals surface area contributed by atoms with Crippen molar-refractivity contribution < 1.29 is 4.79 Å². The highest BCUT2D eigenvalue weighted by molar-refractivity contribution is 5.95. The molecule has 0 aliphatic heterocycles. The van der Waals surface area contributed by atoms with Crippen LogP contribution in [0.15, 0.2) is 60.9 Å². The van der Waals surface area contributed by atoms with Crippen LogP contribution in [0, 0.1) is 6.92 Å². The number of amides is 1. The summed E-state index contributed by atoms with van der Waals surface area (Å²) in [5.74, 6) is 0.313. The molecule has 0 aromatic heterocycles. The third-order valence-electron chi connectivity index (χ3n) is 3.32. The van der Waals surface area contributed by atoms with Crippen molar-refractivity contribution in [2.24, 2.45) is 0 Å². The predicted octanol–water partition coefficient (Wildman–Crippen LogP) is 3.87. The number of carbonyl (C=O) groups is 1. The number of nitrogens with one attached hydrogen (secondary N) is 2. The predicted molar refractivity (Wildman–Crippen MR) is 87.2 cm³/mol. The second-order valence-electron chi connectivity index (χ2n) is 4.89. The topological polar surface area (TPSA) is 41.1 Å². The molecule has 3 nitrogen and oxygen atoms in total. The number of carbonyl (C=O) groups excluding carboxylic acids is 1. The Bertz CT molecular complexity index is 648. The SMILES string of the molecule is C=C(NC(=O)c1ccccc1)Nc1c(C)cccc1CC. The van der Waals surface area contributed by atoms with E-state index in [1.54, 1.807) is 12.1 Å². The van der Waals surface area contributed by atoms with Crippen LogP contribution < -0.4 is 10.6 Å². The van der Waals surface area contributed by atoms with E-state index in [-0.39, 0.29) is 5.91 Å². The third kappa shape index (κ3) is 3.72. The summed E-state index contributed by atoms with van der Waals surface area (Å²) in [6, 6.07) is 15.2. The molecule has 108 valence electrons. The number of rotatable bonds is 5. The van der Waals surface area contributed by atoms with E-state index in [2.05, 4.69) is 30.2 Å². The molecule has 0 heterocycles. The van der Waals surface area contributed by atoms with Gasteiger partial charge in [0.15, 0.2) is 0 Å². The zero-order chi connectivity index (χ0) is 15.2. The molecule has 0 bridgehead atoms. The Kier molecular flexibility index (Phi) is 4.77. The number of para-hydroxylation sites is 1. The molecular formula is C18H20N2O. The Balaban J connectivity index is 2.08. The fourth-order valence-electron chi connectivity index (χ4n) is 2.18. The van der Waals surface area contributed by atoms with Gasteiger partial charge in [0.1, 0.15) is 5.82 Å². The van der Waals surface area contributed by atoms with E-state index in [1.165, 1.54) is 5.56 Å². The van der Waals surface area contributed by atoms with E-state index < -0.39 is 0 Å². The Hall–Kier alpha value is -2.55. The third-order valence-corrected chi connectivity index (χ3v) is 3.32. The lowest BCUT2D eigenvalue weighted by Gasteiger charge is -2.16. The highest BCUT2D eigenvalue weighted by Crippen LogP contribution is 2.22. The first-order valence-electron chi connectivity index (χ1n) is 7.02. The molecule has 1 amide bonds. The molecule has 2 aromatic rings. The molecule has 0 spiro atoms. The van der Waals surface area contributed by atoms with Crippen LogP contribution in [0.4, 0.5) is 5.69 Å². The Morgan fingerprint density at radius 3 is 2.48 bits per heavy atom. The number of anilines is 1. The number of hydrogen-bond acceptors (Lipinski definition) is 2. The van der Waals surface area contributed by atoms with Crippen molar-refractivity contribution in [1.29, 1.82) is 0 Å². The molecule has 0 aliphatic rings. The van der Waals surface area contributed by atoms with Crippen LogP contribution in [0.3, 0.4) is 0 Å². The summed E-state index contributed by atoms with van der Waals surface area (Å²) in [7, 11) is 0. The van der Waals surface area contributed by atoms with Crippen LogP contribution in [0.1, 0.15) is 28.4 Å². The second-order valence-corrected chi connectivity index (χ2v) is 4.89. The van der Waals surface area contributed by atoms with Gasteiger partial charge in [-0.2, -0.15) is 0 Å². The molecule has 2 aromatic carbocycles. The summed E-state index contributed by atoms with van der Waals surface area (Å²) >= 11 is 0. The molecule has 0 fully saturated rings. The van der Waals surface area contributed by atoms with E-state index in [1.807, 2.05) is 37.3 Å². The summed E-state index contributed by atoms with van der Waals surface area (Å²) in [5.41, 5.74) is 3.95. The molecule has 0 saturated carbocycles. The fourth-order valence-corrected chi connectivity index (χ4v) is 2.18. The standard InChI is InChI=1S/C18H20N2O/c1-4-15-12-8-9-13(2)17(15)19-14(3)20-18(21)16-10-6-5-7-11-16/h5-12,19H,3-4H2,1-2H3,(H,20,21). The minimum Gasteiger partial charge on any atom is -0.342 e. The van der Waals surface area contributed by atoms with Crippen LogP contribution in [-0.4, -0.2) is 5.91 Å². The first kappa shape index (κ1) is 14.9. The maximum Gasteiger partial charge on any atom is 0.256 e. The van der Waals surface area contributed by atoms with Gasteiger partial charge in [-0.05, 0) is 36.6 Å². The van der Waals surface area contributed by atoms with E-state index in [0.29, 0.717) is 11.4 Å². The monoisotopic (exact) mass is 280 g/mol. The number of benzene rings is 2. The zero-order valence-electron chi connectivity index (χ0n) is 12.4. The lowest BCUT2D eigenvalue weighted by atomic mass is 10.1. The Labute approximate surface area is 125 Å². The van der Waals surface area contributed by atoms with Gasteiger partial charge in [-0.3, -0.25) is 4.79 Å². The minimum atomic E-state index is -0.167. The van der Waals surface area contributed by atoms with Crippen molar-refractivity contribution in [3.63, 3.8) is 0 Å². The average molecular weight is 280 g/mol. The van der Waals surface area contributed by atoms with Crippen molar-refractivity contribution in [2.75, 3.05) is 5.32 Å². The molecule has 0 unspecified atom stereocenters. The molecule has 3 heteroatoms. The van der Waals surface area contributed by atoms with Crippen LogP contribution in [0.2, 0.25) is 0 Å². The average Bonchev–Trinajstić information content (AvgIpc) is 2.50. The first-order valence-corrected chi connectivity index (χ1v) is 7.02. The molecule has 0 radical (unpaired) electrons. The van der Waals surface area contributed by atoms with Gasteiger partial charge in [-0.15, -0.1) is 0 Å². The molecule has 0 aliphatic carbocycles. The zero-order valence-corrected chi connectivity index (χ0v) is 12.4. The summed E-state index contributed by atoms with van der Waals surface area (Å²) in [5, 5.41) is 5.98. The van der Waals surface area contributed by atoms with Gasteiger partial charge in [0.05, 0.1) is 0 Å². The van der Waals surface area contributed by atoms with Gasteiger partial charge in [0, 0.05) is 11.3 Å². The van der Waals surface area contributed by atoms with Gasteiger partial charge in [-0.1, -0.05) is 49.9 Å². The van der Waals surface area contributed by atoms with Crippen LogP contribution in [0.5, 0.6) is 0 Å². The van der Waals surface area contributed by atoms with Crippen LogP contribution in [-0.2, 0) is 6.42 Å². The Morgan fingerprint density at radius 1 is 1.10 bits per heavy atom. The largest absolute Gasteiger partial charge is 0.342 e. The molecule has 2 N–H and O–H groups in total. The van der Waals surface area contributed by atoms with Crippen molar-refractivity contribution in [3.05, 3.63) is 77.6 Å². The van der Waals surface area contributed by atoms with Gasteiger partial charge in [0.2, 0.25) is 0 Å². The van der Waals surface area contributed by atoms with Gasteiger partial charge >= 0.3 is 0 Å². The van der Waals surface area contributed by atoms with E-state index in [9.17, 15) is 4.79 Å². The van der Waals surface area contributed by atoms with Crippen LogP contribution in [0.25, 0.3) is 0 Å². The first-order chi connectivity index (χ1) is 10.1. The summed E-state index contributed by atoms with van der Waals surface area (Å²) in [6.45, 7) is 8.03.